The molecule has 1 aromatic heterocycles. The molecule has 0 atom stereocenters. The van der Waals surface area contributed by atoms with Crippen molar-refractivity contribution in [1.82, 2.24) is 9.78 Å². The molecule has 2 N–H and O–H groups in total. The minimum Gasteiger partial charge on any atom is -0.326 e. The Morgan fingerprint density at radius 3 is 2.67 bits per heavy atom. The highest BCUT2D eigenvalue weighted by atomic mass is 79.9. The van der Waals surface area contributed by atoms with Crippen LogP contribution in [0.25, 0.3) is 0 Å². The number of hydrogen-bond donors (Lipinski definition) is 1. The average molecular weight is 329 g/mol. The molecule has 0 fully saturated rings. The van der Waals surface area contributed by atoms with Crippen LogP contribution in [0.1, 0.15) is 22.5 Å². The highest BCUT2D eigenvalue weighted by molar-refractivity contribution is 9.10. The first-order valence-corrected chi connectivity index (χ1v) is 6.87. The van der Waals surface area contributed by atoms with Crippen LogP contribution in [-0.2, 0) is 13.1 Å². The van der Waals surface area contributed by atoms with Gasteiger partial charge in [0.1, 0.15) is 0 Å². The minimum atomic E-state index is 0.520. The van der Waals surface area contributed by atoms with E-state index in [1.165, 1.54) is 0 Å². The molecule has 96 valence electrons. The highest BCUT2D eigenvalue weighted by Gasteiger charge is 2.11. The fourth-order valence-electron chi connectivity index (χ4n) is 1.99. The predicted octanol–water partition coefficient (Wildman–Crippen LogP) is 3.42. The number of nitrogens with two attached hydrogens (primary N) is 1. The summed E-state index contributed by atoms with van der Waals surface area (Å²) in [6.07, 6.45) is 0. The second kappa shape index (κ2) is 5.43. The van der Waals surface area contributed by atoms with Gasteiger partial charge in [0.15, 0.2) is 0 Å². The molecule has 0 aliphatic carbocycles. The van der Waals surface area contributed by atoms with Crippen molar-refractivity contribution in [2.75, 3.05) is 0 Å². The highest BCUT2D eigenvalue weighted by Crippen LogP contribution is 2.23. The Morgan fingerprint density at radius 2 is 2.11 bits per heavy atom. The zero-order chi connectivity index (χ0) is 13.3. The maximum absolute atomic E-state index is 6.22. The molecule has 0 aliphatic heterocycles. The number of aryl methyl sites for hydroxylation is 1. The number of benzene rings is 1. The van der Waals surface area contributed by atoms with Crippen LogP contribution in [0.5, 0.6) is 0 Å². The molecule has 2 aromatic rings. The Morgan fingerprint density at radius 1 is 1.39 bits per heavy atom. The lowest BCUT2D eigenvalue weighted by atomic mass is 10.2. The first-order valence-electron chi connectivity index (χ1n) is 5.69. The average Bonchev–Trinajstić information content (AvgIpc) is 2.58. The summed E-state index contributed by atoms with van der Waals surface area (Å²) in [6.45, 7) is 5.20. The van der Waals surface area contributed by atoms with Gasteiger partial charge in [0.25, 0.3) is 0 Å². The number of rotatable bonds is 3. The molecule has 2 rings (SSSR count). The predicted molar refractivity (Wildman–Crippen MR) is 77.8 cm³/mol. The van der Waals surface area contributed by atoms with Crippen molar-refractivity contribution >= 4 is 27.5 Å². The first-order chi connectivity index (χ1) is 8.52. The molecule has 0 saturated carbocycles. The summed E-state index contributed by atoms with van der Waals surface area (Å²) in [5.74, 6) is 0. The van der Waals surface area contributed by atoms with Crippen LogP contribution < -0.4 is 5.73 Å². The van der Waals surface area contributed by atoms with E-state index in [1.807, 2.05) is 36.7 Å². The van der Waals surface area contributed by atoms with Gasteiger partial charge in [-0.15, -0.1) is 0 Å². The molecule has 0 amide bonds. The maximum Gasteiger partial charge on any atom is 0.0677 e. The van der Waals surface area contributed by atoms with Crippen LogP contribution in [0.4, 0.5) is 0 Å². The molecule has 3 nitrogen and oxygen atoms in total. The van der Waals surface area contributed by atoms with Gasteiger partial charge in [0, 0.05) is 27.3 Å². The third-order valence-electron chi connectivity index (χ3n) is 3.07. The van der Waals surface area contributed by atoms with Crippen molar-refractivity contribution in [2.45, 2.75) is 26.9 Å². The van der Waals surface area contributed by atoms with Crippen LogP contribution in [0.2, 0.25) is 5.02 Å². The summed E-state index contributed by atoms with van der Waals surface area (Å²) in [6, 6.07) is 5.88. The Balaban J connectivity index is 2.34. The number of hydrogen-bond acceptors (Lipinski definition) is 2. The molecule has 0 bridgehead atoms. The number of aromatic nitrogens is 2. The molecule has 0 spiro atoms. The van der Waals surface area contributed by atoms with Crippen LogP contribution in [0, 0.1) is 13.8 Å². The van der Waals surface area contributed by atoms with Crippen molar-refractivity contribution in [2.24, 2.45) is 5.73 Å². The number of halogens is 2. The zero-order valence-corrected chi connectivity index (χ0v) is 12.7. The van der Waals surface area contributed by atoms with Crippen molar-refractivity contribution in [3.8, 4) is 0 Å². The SMILES string of the molecule is Cc1nn(Cc2ccc(Br)cc2Cl)c(C)c1CN. The second-order valence-corrected chi connectivity index (χ2v) is 5.57. The van der Waals surface area contributed by atoms with E-state index in [0.29, 0.717) is 13.1 Å². The van der Waals surface area contributed by atoms with Gasteiger partial charge in [0.2, 0.25) is 0 Å². The van der Waals surface area contributed by atoms with Gasteiger partial charge in [-0.2, -0.15) is 5.10 Å². The maximum atomic E-state index is 6.22. The van der Waals surface area contributed by atoms with E-state index in [1.54, 1.807) is 0 Å². The largest absolute Gasteiger partial charge is 0.326 e. The van der Waals surface area contributed by atoms with Gasteiger partial charge in [0.05, 0.1) is 12.2 Å². The van der Waals surface area contributed by atoms with Crippen LogP contribution in [0.3, 0.4) is 0 Å². The molecule has 0 unspecified atom stereocenters. The molecule has 0 aliphatic rings. The van der Waals surface area contributed by atoms with Crippen LogP contribution >= 0.6 is 27.5 Å². The topological polar surface area (TPSA) is 43.8 Å². The van der Waals surface area contributed by atoms with E-state index < -0.39 is 0 Å². The van der Waals surface area contributed by atoms with Gasteiger partial charge in [-0.1, -0.05) is 33.6 Å². The monoisotopic (exact) mass is 327 g/mol. The minimum absolute atomic E-state index is 0.520. The normalized spacial score (nSPS) is 10.9. The molecular weight excluding hydrogens is 314 g/mol. The van der Waals surface area contributed by atoms with Gasteiger partial charge in [-0.3, -0.25) is 4.68 Å². The Hall–Kier alpha value is -0.840. The quantitative estimate of drug-likeness (QED) is 0.938. The lowest BCUT2D eigenvalue weighted by molar-refractivity contribution is 0.658. The summed E-state index contributed by atoms with van der Waals surface area (Å²) >= 11 is 9.62. The third-order valence-corrected chi connectivity index (χ3v) is 3.92. The van der Waals surface area contributed by atoms with Crippen LogP contribution in [0.15, 0.2) is 22.7 Å². The van der Waals surface area contributed by atoms with Gasteiger partial charge in [-0.05, 0) is 31.5 Å². The van der Waals surface area contributed by atoms with Gasteiger partial charge in [-0.25, -0.2) is 0 Å². The smallest absolute Gasteiger partial charge is 0.0677 e. The molecule has 0 radical (unpaired) electrons. The molecule has 1 aromatic carbocycles. The van der Waals surface area contributed by atoms with Crippen molar-refractivity contribution in [3.63, 3.8) is 0 Å². The van der Waals surface area contributed by atoms with E-state index in [9.17, 15) is 0 Å². The summed E-state index contributed by atoms with van der Waals surface area (Å²) in [5.41, 5.74) is 9.98. The van der Waals surface area contributed by atoms with Gasteiger partial charge < -0.3 is 5.73 Å². The van der Waals surface area contributed by atoms with E-state index in [0.717, 1.165) is 32.0 Å². The third kappa shape index (κ3) is 2.60. The van der Waals surface area contributed by atoms with E-state index in [2.05, 4.69) is 21.0 Å². The summed E-state index contributed by atoms with van der Waals surface area (Å²) in [4.78, 5) is 0. The van der Waals surface area contributed by atoms with E-state index in [4.69, 9.17) is 17.3 Å². The number of nitrogens with zero attached hydrogens (tertiary/aromatic N) is 2. The van der Waals surface area contributed by atoms with Gasteiger partial charge >= 0.3 is 0 Å². The van der Waals surface area contributed by atoms with Crippen molar-refractivity contribution < 1.29 is 0 Å². The molecule has 0 saturated heterocycles. The standard InChI is InChI=1S/C13H15BrClN3/c1-8-12(6-16)9(2)18(17-8)7-10-3-4-11(14)5-13(10)15/h3-5H,6-7,16H2,1-2H3. The molecule has 5 heteroatoms. The Labute approximate surface area is 120 Å². The molecular formula is C13H15BrClN3. The van der Waals surface area contributed by atoms with E-state index >= 15 is 0 Å². The second-order valence-electron chi connectivity index (χ2n) is 4.25. The zero-order valence-electron chi connectivity index (χ0n) is 10.4. The Kier molecular flexibility index (Phi) is 4.10. The van der Waals surface area contributed by atoms with Crippen molar-refractivity contribution in [1.29, 1.82) is 0 Å². The summed E-state index contributed by atoms with van der Waals surface area (Å²) in [7, 11) is 0. The fourth-order valence-corrected chi connectivity index (χ4v) is 2.73. The van der Waals surface area contributed by atoms with E-state index in [-0.39, 0.29) is 0 Å². The summed E-state index contributed by atoms with van der Waals surface area (Å²) < 4.78 is 2.93. The molecule has 1 heterocycles. The lowest BCUT2D eigenvalue weighted by Gasteiger charge is -2.07. The molecule has 18 heavy (non-hydrogen) atoms. The van der Waals surface area contributed by atoms with Crippen LogP contribution in [-0.4, -0.2) is 9.78 Å². The first kappa shape index (κ1) is 13.6. The fraction of sp³-hybridized carbons (Fsp3) is 0.308. The lowest BCUT2D eigenvalue weighted by Crippen LogP contribution is -2.06. The summed E-state index contributed by atoms with van der Waals surface area (Å²) in [5, 5.41) is 5.25. The van der Waals surface area contributed by atoms with Crippen molar-refractivity contribution in [3.05, 3.63) is 50.2 Å². The Bertz CT molecular complexity index is 578.